The minimum absolute atomic E-state index is 0.00616. The molecule has 1 aliphatic rings. The molecule has 5 nitrogen and oxygen atoms in total. The summed E-state index contributed by atoms with van der Waals surface area (Å²) >= 11 is 0. The number of nitrogens with one attached hydrogen (secondary N) is 1. The van der Waals surface area contributed by atoms with Crippen molar-refractivity contribution in [3.63, 3.8) is 0 Å². The quantitative estimate of drug-likeness (QED) is 0.872. The summed E-state index contributed by atoms with van der Waals surface area (Å²) in [5.41, 5.74) is 2.59. The van der Waals surface area contributed by atoms with E-state index in [9.17, 15) is 13.2 Å². The molecule has 1 aliphatic heterocycles. The average molecular weight is 381 g/mol. The summed E-state index contributed by atoms with van der Waals surface area (Å²) in [4.78, 5) is 12.9. The first-order valence-electron chi connectivity index (χ1n) is 9.27. The van der Waals surface area contributed by atoms with Gasteiger partial charge in [-0.25, -0.2) is 8.42 Å². The maximum absolute atomic E-state index is 13.2. The molecule has 1 N–H and O–H groups in total. The molecule has 0 radical (unpaired) electrons. The van der Waals surface area contributed by atoms with Gasteiger partial charge in [0.15, 0.2) is 0 Å². The fourth-order valence-electron chi connectivity index (χ4n) is 3.57. The Hall–Kier alpha value is -1.40. The zero-order valence-electron chi connectivity index (χ0n) is 16.8. The third kappa shape index (κ3) is 4.86. The Bertz CT molecular complexity index is 756. The highest BCUT2D eigenvalue weighted by Crippen LogP contribution is 2.29. The third-order valence-electron chi connectivity index (χ3n) is 4.75. The van der Waals surface area contributed by atoms with Crippen LogP contribution in [-0.4, -0.2) is 38.3 Å². The van der Waals surface area contributed by atoms with E-state index in [1.54, 1.807) is 0 Å². The molecule has 146 valence electrons. The first-order valence-corrected chi connectivity index (χ1v) is 10.7. The highest BCUT2D eigenvalue weighted by Gasteiger charge is 2.35. The van der Waals surface area contributed by atoms with Gasteiger partial charge in [-0.3, -0.25) is 4.79 Å². The van der Waals surface area contributed by atoms with Gasteiger partial charge in [0.05, 0.1) is 10.8 Å². The van der Waals surface area contributed by atoms with Crippen LogP contribution in [0.5, 0.6) is 0 Å². The van der Waals surface area contributed by atoms with Crippen LogP contribution in [0.25, 0.3) is 0 Å². The molecule has 1 amide bonds. The smallest absolute Gasteiger partial charge is 0.243 e. The second-order valence-corrected chi connectivity index (χ2v) is 10.6. The lowest BCUT2D eigenvalue weighted by Crippen LogP contribution is -2.46. The van der Waals surface area contributed by atoms with Crippen molar-refractivity contribution >= 4 is 15.9 Å². The number of hydrogen-bond donors (Lipinski definition) is 1. The molecule has 0 spiro atoms. The van der Waals surface area contributed by atoms with Gasteiger partial charge in [0.1, 0.15) is 0 Å². The molecular formula is C20H32N2O3S. The number of carbonyl (C=O) groups excluding carboxylic acids is 1. The van der Waals surface area contributed by atoms with Crippen molar-refractivity contribution in [2.24, 2.45) is 11.3 Å². The summed E-state index contributed by atoms with van der Waals surface area (Å²) in [6, 6.07) is 3.80. The van der Waals surface area contributed by atoms with Crippen molar-refractivity contribution in [1.29, 1.82) is 0 Å². The van der Waals surface area contributed by atoms with Gasteiger partial charge in [0.2, 0.25) is 15.9 Å². The van der Waals surface area contributed by atoms with E-state index in [1.165, 1.54) is 4.31 Å². The summed E-state index contributed by atoms with van der Waals surface area (Å²) in [7, 11) is -3.60. The fourth-order valence-corrected chi connectivity index (χ4v) is 5.51. The molecule has 0 unspecified atom stereocenters. The highest BCUT2D eigenvalue weighted by atomic mass is 32.2. The number of hydrogen-bond acceptors (Lipinski definition) is 3. The largest absolute Gasteiger partial charge is 0.355 e. The van der Waals surface area contributed by atoms with E-state index >= 15 is 0 Å². The highest BCUT2D eigenvalue weighted by molar-refractivity contribution is 7.89. The fraction of sp³-hybridized carbons (Fsp3) is 0.650. The lowest BCUT2D eigenvalue weighted by Gasteiger charge is -2.32. The summed E-state index contributed by atoms with van der Waals surface area (Å²) in [6.07, 6.45) is 1.44. The lowest BCUT2D eigenvalue weighted by atomic mass is 9.95. The van der Waals surface area contributed by atoms with E-state index < -0.39 is 10.0 Å². The van der Waals surface area contributed by atoms with Gasteiger partial charge in [0.25, 0.3) is 0 Å². The summed E-state index contributed by atoms with van der Waals surface area (Å²) in [5.74, 6) is -0.330. The van der Waals surface area contributed by atoms with Crippen LogP contribution >= 0.6 is 0 Å². The number of piperidine rings is 1. The van der Waals surface area contributed by atoms with Crippen LogP contribution in [-0.2, 0) is 14.8 Å². The van der Waals surface area contributed by atoms with E-state index in [4.69, 9.17) is 0 Å². The zero-order chi connectivity index (χ0) is 19.7. The van der Waals surface area contributed by atoms with Crippen molar-refractivity contribution < 1.29 is 13.2 Å². The van der Waals surface area contributed by atoms with Gasteiger partial charge < -0.3 is 5.32 Å². The Balaban J connectivity index is 2.20. The van der Waals surface area contributed by atoms with Gasteiger partial charge >= 0.3 is 0 Å². The molecule has 1 atom stereocenters. The summed E-state index contributed by atoms with van der Waals surface area (Å²) < 4.78 is 27.9. The molecule has 26 heavy (non-hydrogen) atoms. The van der Waals surface area contributed by atoms with Crippen LogP contribution in [0.4, 0.5) is 0 Å². The SMILES string of the molecule is Cc1cc(C)c(S(=O)(=O)N2CCC[C@H](C(=O)NCC(C)(C)C)C2)c(C)c1. The number of carbonyl (C=O) groups is 1. The van der Waals surface area contributed by atoms with Crippen LogP contribution < -0.4 is 5.32 Å². The van der Waals surface area contributed by atoms with E-state index in [0.717, 1.165) is 23.1 Å². The Kier molecular flexibility index (Phi) is 6.18. The maximum atomic E-state index is 13.2. The van der Waals surface area contributed by atoms with Crippen LogP contribution in [0.1, 0.15) is 50.3 Å². The number of sulfonamides is 1. The van der Waals surface area contributed by atoms with Gasteiger partial charge in [-0.15, -0.1) is 0 Å². The topological polar surface area (TPSA) is 66.5 Å². The minimum Gasteiger partial charge on any atom is -0.355 e. The summed E-state index contributed by atoms with van der Waals surface area (Å²) in [5, 5.41) is 2.97. The zero-order valence-corrected chi connectivity index (χ0v) is 17.7. The van der Waals surface area contributed by atoms with Crippen LogP contribution in [0.15, 0.2) is 17.0 Å². The van der Waals surface area contributed by atoms with Crippen LogP contribution in [0.2, 0.25) is 0 Å². The number of rotatable bonds is 4. The molecule has 1 heterocycles. The van der Waals surface area contributed by atoms with Gasteiger partial charge in [-0.05, 0) is 50.2 Å². The van der Waals surface area contributed by atoms with Crippen LogP contribution in [0.3, 0.4) is 0 Å². The predicted molar refractivity (Wildman–Crippen MR) is 105 cm³/mol. The number of nitrogens with zero attached hydrogens (tertiary/aromatic N) is 1. The van der Waals surface area contributed by atoms with Gasteiger partial charge in [0, 0.05) is 19.6 Å². The maximum Gasteiger partial charge on any atom is 0.243 e. The molecule has 0 bridgehead atoms. The Morgan fingerprint density at radius 2 is 1.77 bits per heavy atom. The van der Waals surface area contributed by atoms with E-state index in [-0.39, 0.29) is 23.8 Å². The standard InChI is InChI=1S/C20H32N2O3S/c1-14-10-15(2)18(16(3)11-14)26(24,25)22-9-7-8-17(12-22)19(23)21-13-20(4,5)6/h10-11,17H,7-9,12-13H2,1-6H3,(H,21,23)/t17-/m0/s1. The molecular weight excluding hydrogens is 348 g/mol. The van der Waals surface area contributed by atoms with Crippen LogP contribution in [0, 0.1) is 32.1 Å². The molecule has 0 aliphatic carbocycles. The van der Waals surface area contributed by atoms with Crippen molar-refractivity contribution in [3.05, 3.63) is 28.8 Å². The molecule has 1 aromatic rings. The minimum atomic E-state index is -3.60. The van der Waals surface area contributed by atoms with E-state index in [0.29, 0.717) is 24.4 Å². The van der Waals surface area contributed by atoms with Gasteiger partial charge in [-0.1, -0.05) is 38.5 Å². The molecule has 1 aromatic carbocycles. The summed E-state index contributed by atoms with van der Waals surface area (Å²) in [6.45, 7) is 13.1. The third-order valence-corrected chi connectivity index (χ3v) is 6.92. The molecule has 1 fully saturated rings. The first kappa shape index (κ1) is 20.9. The Morgan fingerprint density at radius 1 is 1.19 bits per heavy atom. The number of amides is 1. The Labute approximate surface area is 158 Å². The predicted octanol–water partition coefficient (Wildman–Crippen LogP) is 3.17. The van der Waals surface area contributed by atoms with Crippen molar-refractivity contribution in [3.8, 4) is 0 Å². The normalized spacial score (nSPS) is 19.4. The lowest BCUT2D eigenvalue weighted by molar-refractivity contribution is -0.126. The molecule has 0 saturated carbocycles. The van der Waals surface area contributed by atoms with Gasteiger partial charge in [-0.2, -0.15) is 4.31 Å². The molecule has 2 rings (SSSR count). The molecule has 6 heteroatoms. The molecule has 1 saturated heterocycles. The van der Waals surface area contributed by atoms with Crippen molar-refractivity contribution in [1.82, 2.24) is 9.62 Å². The Morgan fingerprint density at radius 3 is 2.31 bits per heavy atom. The molecule has 0 aromatic heterocycles. The van der Waals surface area contributed by atoms with Crippen molar-refractivity contribution in [2.45, 2.75) is 59.3 Å². The van der Waals surface area contributed by atoms with E-state index in [1.807, 2.05) is 32.9 Å². The average Bonchev–Trinajstić information content (AvgIpc) is 2.50. The second kappa shape index (κ2) is 7.69. The van der Waals surface area contributed by atoms with E-state index in [2.05, 4.69) is 26.1 Å². The number of aryl methyl sites for hydroxylation is 3. The first-order chi connectivity index (χ1) is 11.9. The number of benzene rings is 1. The van der Waals surface area contributed by atoms with Crippen molar-refractivity contribution in [2.75, 3.05) is 19.6 Å². The monoisotopic (exact) mass is 380 g/mol. The second-order valence-electron chi connectivity index (χ2n) is 8.71.